The molecule has 0 amide bonds. The Hall–Kier alpha value is 3.46. The quantitative estimate of drug-likeness (QED) is 0.523. The van der Waals surface area contributed by atoms with Crippen LogP contribution in [-0.2, 0) is 0 Å². The number of halogens is 2. The topological polar surface area (TPSA) is 0 Å². The Morgan fingerprint density at radius 3 is 1.25 bits per heavy atom. The average Bonchev–Trinajstić information content (AvgIpc) is 1.00. The summed E-state index contributed by atoms with van der Waals surface area (Å²) in [6.07, 6.45) is 0. The second-order valence-corrected chi connectivity index (χ2v) is 0. The standard InChI is InChI=1S/Ba.BrF.Sr.4H/c;1-2;;;;;. The predicted molar refractivity (Wildman–Crippen MR) is 27.1 cm³/mol. The zero-order valence-electron chi connectivity index (χ0n) is 0.756. The first kappa shape index (κ1) is 15.7. The van der Waals surface area contributed by atoms with Gasteiger partial charge in [-0.1, -0.05) is 0 Å². The van der Waals surface area contributed by atoms with Gasteiger partial charge in [0.1, 0.15) is 0 Å². The summed E-state index contributed by atoms with van der Waals surface area (Å²) in [6.45, 7) is 0. The molecule has 0 saturated heterocycles. The van der Waals surface area contributed by atoms with Crippen LogP contribution >= 0.6 is 16.4 Å². The molecule has 0 fully saturated rings. The van der Waals surface area contributed by atoms with Gasteiger partial charge in [-0.2, -0.15) is 3.56 Å². The van der Waals surface area contributed by atoms with E-state index in [0.717, 1.165) is 0 Å². The van der Waals surface area contributed by atoms with Crippen LogP contribution in [0.2, 0.25) is 0 Å². The van der Waals surface area contributed by atoms with Crippen molar-refractivity contribution in [1.82, 2.24) is 0 Å². The molecule has 0 spiro atoms. The van der Waals surface area contributed by atoms with Crippen LogP contribution in [0.25, 0.3) is 0 Å². The van der Waals surface area contributed by atoms with Gasteiger partial charge in [-0.15, -0.1) is 0 Å². The van der Waals surface area contributed by atoms with Crippen molar-refractivity contribution in [2.24, 2.45) is 0 Å². The summed E-state index contributed by atoms with van der Waals surface area (Å²) in [5.41, 5.74) is 0. The number of rotatable bonds is 0. The zero-order valence-corrected chi connectivity index (χ0v) is 2.34. The second-order valence-electron chi connectivity index (χ2n) is 0. The maximum absolute atomic E-state index is 9.31. The van der Waals surface area contributed by atoms with Crippen molar-refractivity contribution in [1.29, 1.82) is 0 Å². The third kappa shape index (κ3) is 9.07. The van der Waals surface area contributed by atoms with Crippen LogP contribution in [0.15, 0.2) is 0 Å². The molecule has 0 aliphatic heterocycles. The summed E-state index contributed by atoms with van der Waals surface area (Å²) in [4.78, 5) is 0. The number of hydrogen-bond acceptors (Lipinski definition) is 0. The first-order valence-electron chi connectivity index (χ1n) is 0.143. The minimum atomic E-state index is 0. The molecule has 4 heavy (non-hydrogen) atoms. The van der Waals surface area contributed by atoms with Crippen molar-refractivity contribution in [3.8, 4) is 0 Å². The molecule has 0 heterocycles. The molecule has 0 aromatic rings. The van der Waals surface area contributed by atoms with Crippen molar-refractivity contribution in [2.45, 2.75) is 0 Å². The molecule has 0 aliphatic rings. The molecular formula is H4BaBrFSr. The summed E-state index contributed by atoms with van der Waals surface area (Å²) in [7, 11) is 0. The Kier molecular flexibility index (Phi) is 62.9. The SMILES string of the molecule is FBr.[BaH2].[SrH2]. The van der Waals surface area contributed by atoms with Crippen molar-refractivity contribution in [2.75, 3.05) is 0 Å². The van der Waals surface area contributed by atoms with Crippen LogP contribution in [0.1, 0.15) is 0 Å². The molecule has 0 atom stereocenters. The van der Waals surface area contributed by atoms with Crippen LogP contribution in [0, 0.1) is 0 Å². The first-order valence-corrected chi connectivity index (χ1v) is 0.742. The summed E-state index contributed by atoms with van der Waals surface area (Å²) >= 11 is 1.44. The zero-order chi connectivity index (χ0) is 2.00. The second kappa shape index (κ2) is 16.1. The predicted octanol–water partition coefficient (Wildman–Crippen LogP) is -0.567. The summed E-state index contributed by atoms with van der Waals surface area (Å²) < 4.78 is 9.31. The molecule has 0 aromatic carbocycles. The molecule has 0 radical (unpaired) electrons. The van der Waals surface area contributed by atoms with Gasteiger partial charge in [0.15, 0.2) is 16.4 Å². The Morgan fingerprint density at radius 2 is 1.25 bits per heavy atom. The van der Waals surface area contributed by atoms with Gasteiger partial charge in [-0.05, 0) is 0 Å². The summed E-state index contributed by atoms with van der Waals surface area (Å²) in [5.74, 6) is 0. The van der Waals surface area contributed by atoms with Crippen LogP contribution in [0.3, 0.4) is 0 Å². The molecule has 4 heteroatoms. The molecule has 0 aliphatic carbocycles. The monoisotopic (exact) mass is 328 g/mol. The van der Waals surface area contributed by atoms with Crippen molar-refractivity contribution >= 4 is 111 Å². The minimum absolute atomic E-state index is 0. The molecule has 0 nitrogen and oxygen atoms in total. The molecule has 0 bridgehead atoms. The fourth-order valence-corrected chi connectivity index (χ4v) is 0. The molecule has 0 saturated carbocycles. The average molecular weight is 328 g/mol. The van der Waals surface area contributed by atoms with E-state index in [4.69, 9.17) is 0 Å². The van der Waals surface area contributed by atoms with E-state index < -0.39 is 0 Å². The number of hydrogen-bond donors (Lipinski definition) is 0. The normalized spacial score (nSPS) is 1.50. The van der Waals surface area contributed by atoms with Gasteiger partial charge in [0.2, 0.25) is 0 Å². The molecule has 0 rings (SSSR count). The van der Waals surface area contributed by atoms with Crippen LogP contribution in [0.4, 0.5) is 3.56 Å². The van der Waals surface area contributed by atoms with Crippen molar-refractivity contribution in [3.63, 3.8) is 0 Å². The Morgan fingerprint density at radius 1 is 1.25 bits per heavy atom. The summed E-state index contributed by atoms with van der Waals surface area (Å²) in [6, 6.07) is 0. The van der Waals surface area contributed by atoms with E-state index in [0.29, 0.717) is 0 Å². The van der Waals surface area contributed by atoms with Gasteiger partial charge in [0, 0.05) is 0 Å². The molecule has 0 unspecified atom stereocenters. The van der Waals surface area contributed by atoms with Gasteiger partial charge in [0.05, 0.1) is 0 Å². The van der Waals surface area contributed by atoms with Gasteiger partial charge in [0.25, 0.3) is 0 Å². The van der Waals surface area contributed by atoms with E-state index in [1.807, 2.05) is 0 Å². The van der Waals surface area contributed by atoms with Crippen LogP contribution in [0.5, 0.6) is 0 Å². The first-order chi connectivity index (χ1) is 1.00. The van der Waals surface area contributed by atoms with Crippen LogP contribution in [-0.4, -0.2) is 94.4 Å². The fourth-order valence-electron chi connectivity index (χ4n) is 0. The molecule has 0 N–H and O–H groups in total. The van der Waals surface area contributed by atoms with Gasteiger partial charge < -0.3 is 0 Å². The van der Waals surface area contributed by atoms with E-state index in [1.54, 1.807) is 0 Å². The van der Waals surface area contributed by atoms with E-state index in [1.165, 1.54) is 16.4 Å². The fraction of sp³-hybridized carbons (Fsp3) is 0. The molecular weight excluding hydrogens is 324 g/mol. The van der Waals surface area contributed by atoms with Gasteiger partial charge in [-0.25, -0.2) is 0 Å². The van der Waals surface area contributed by atoms with Crippen molar-refractivity contribution < 1.29 is 3.56 Å². The third-order valence-corrected chi connectivity index (χ3v) is 0. The van der Waals surface area contributed by atoms with E-state index in [9.17, 15) is 3.56 Å². The van der Waals surface area contributed by atoms with Crippen LogP contribution < -0.4 is 0 Å². The van der Waals surface area contributed by atoms with Gasteiger partial charge in [-0.3, -0.25) is 0 Å². The third-order valence-electron chi connectivity index (χ3n) is 0. The summed E-state index contributed by atoms with van der Waals surface area (Å²) in [5, 5.41) is 0. The molecule has 0 aromatic heterocycles. The maximum atomic E-state index is 9.31. The molecule has 22 valence electrons. The Labute approximate surface area is 111 Å². The Bertz CT molecular complexity index is 8.00. The van der Waals surface area contributed by atoms with Gasteiger partial charge >= 0.3 is 94.4 Å². The Balaban J connectivity index is -0.00000000500. The van der Waals surface area contributed by atoms with E-state index in [-0.39, 0.29) is 94.4 Å². The van der Waals surface area contributed by atoms with E-state index >= 15 is 0 Å². The van der Waals surface area contributed by atoms with E-state index in [2.05, 4.69) is 0 Å². The van der Waals surface area contributed by atoms with Crippen molar-refractivity contribution in [3.05, 3.63) is 0 Å².